The van der Waals surface area contributed by atoms with E-state index in [-0.39, 0.29) is 6.67 Å². The molecule has 0 atom stereocenters. The van der Waals surface area contributed by atoms with Gasteiger partial charge in [-0.25, -0.2) is 0 Å². The Balaban J connectivity index is 2.25. The summed E-state index contributed by atoms with van der Waals surface area (Å²) in [4.78, 5) is 1.12. The van der Waals surface area contributed by atoms with Crippen LogP contribution in [0.3, 0.4) is 0 Å². The van der Waals surface area contributed by atoms with Gasteiger partial charge in [0.05, 0.1) is 12.2 Å². The molecule has 0 radical (unpaired) electrons. The van der Waals surface area contributed by atoms with Crippen molar-refractivity contribution in [3.8, 4) is 6.07 Å². The van der Waals surface area contributed by atoms with Crippen molar-refractivity contribution in [2.75, 3.05) is 13.2 Å². The van der Waals surface area contributed by atoms with Crippen molar-refractivity contribution in [2.45, 2.75) is 13.0 Å². The molecule has 1 N–H and O–H groups in total. The summed E-state index contributed by atoms with van der Waals surface area (Å²) < 4.78 is 11.7. The standard InChI is InChI=1S/C9H11FN2S/c10-2-1-3-12-6-9-4-8(5-11)7-13-9/h4,7,12H,1-3,6H2. The van der Waals surface area contributed by atoms with Crippen LogP contribution in [0.4, 0.5) is 4.39 Å². The van der Waals surface area contributed by atoms with Gasteiger partial charge in [-0.15, -0.1) is 11.3 Å². The highest BCUT2D eigenvalue weighted by Gasteiger charge is 1.97. The Morgan fingerprint density at radius 2 is 2.46 bits per heavy atom. The Kier molecular flexibility index (Phi) is 4.44. The quantitative estimate of drug-likeness (QED) is 0.735. The Morgan fingerprint density at radius 3 is 3.08 bits per heavy atom. The van der Waals surface area contributed by atoms with E-state index in [9.17, 15) is 4.39 Å². The summed E-state index contributed by atoms with van der Waals surface area (Å²) in [5, 5.41) is 13.5. The third-order valence-electron chi connectivity index (χ3n) is 1.57. The van der Waals surface area contributed by atoms with Gasteiger partial charge in [-0.1, -0.05) is 0 Å². The number of nitriles is 1. The molecule has 4 heteroatoms. The highest BCUT2D eigenvalue weighted by Crippen LogP contribution is 2.12. The van der Waals surface area contributed by atoms with Crippen LogP contribution in [0.1, 0.15) is 16.9 Å². The number of rotatable bonds is 5. The molecule has 0 spiro atoms. The lowest BCUT2D eigenvalue weighted by Crippen LogP contribution is -2.14. The molecule has 0 aliphatic carbocycles. The fourth-order valence-corrected chi connectivity index (χ4v) is 1.71. The molecular formula is C9H11FN2S. The third-order valence-corrected chi connectivity index (χ3v) is 2.51. The minimum atomic E-state index is -0.277. The fraction of sp³-hybridized carbons (Fsp3) is 0.444. The van der Waals surface area contributed by atoms with E-state index in [0.29, 0.717) is 18.5 Å². The molecule has 1 heterocycles. The van der Waals surface area contributed by atoms with Gasteiger partial charge < -0.3 is 5.32 Å². The predicted molar refractivity (Wildman–Crippen MR) is 51.3 cm³/mol. The second-order valence-corrected chi connectivity index (χ2v) is 3.63. The minimum absolute atomic E-state index is 0.277. The number of thiophene rings is 1. The third kappa shape index (κ3) is 3.53. The number of halogens is 1. The molecule has 1 aromatic heterocycles. The van der Waals surface area contributed by atoms with E-state index in [4.69, 9.17) is 5.26 Å². The number of alkyl halides is 1. The van der Waals surface area contributed by atoms with Crippen LogP contribution >= 0.6 is 11.3 Å². The van der Waals surface area contributed by atoms with Crippen molar-refractivity contribution in [1.82, 2.24) is 5.32 Å². The van der Waals surface area contributed by atoms with Gasteiger partial charge in [-0.2, -0.15) is 5.26 Å². The van der Waals surface area contributed by atoms with Crippen molar-refractivity contribution in [2.24, 2.45) is 0 Å². The summed E-state index contributed by atoms with van der Waals surface area (Å²) >= 11 is 1.55. The summed E-state index contributed by atoms with van der Waals surface area (Å²) in [5.74, 6) is 0. The fourth-order valence-electron chi connectivity index (χ4n) is 0.935. The molecule has 0 bridgehead atoms. The molecule has 0 aliphatic rings. The lowest BCUT2D eigenvalue weighted by atomic mass is 10.3. The maximum atomic E-state index is 11.7. The Morgan fingerprint density at radius 1 is 1.62 bits per heavy atom. The predicted octanol–water partition coefficient (Wildman–Crippen LogP) is 2.07. The monoisotopic (exact) mass is 198 g/mol. The van der Waals surface area contributed by atoms with Crippen molar-refractivity contribution in [3.63, 3.8) is 0 Å². The molecule has 0 aromatic carbocycles. The first-order valence-corrected chi connectivity index (χ1v) is 4.99. The molecule has 2 nitrogen and oxygen atoms in total. The molecule has 70 valence electrons. The van der Waals surface area contributed by atoms with Gasteiger partial charge in [-0.3, -0.25) is 4.39 Å². The zero-order chi connectivity index (χ0) is 9.52. The maximum absolute atomic E-state index is 11.7. The first-order chi connectivity index (χ1) is 6.36. The van der Waals surface area contributed by atoms with E-state index in [1.807, 2.05) is 11.4 Å². The van der Waals surface area contributed by atoms with Crippen molar-refractivity contribution >= 4 is 11.3 Å². The molecule has 0 saturated carbocycles. The number of hydrogen-bond acceptors (Lipinski definition) is 3. The SMILES string of the molecule is N#Cc1csc(CNCCCF)c1. The van der Waals surface area contributed by atoms with Crippen LogP contribution in [-0.4, -0.2) is 13.2 Å². The molecule has 1 rings (SSSR count). The van der Waals surface area contributed by atoms with Crippen LogP contribution < -0.4 is 5.32 Å². The lowest BCUT2D eigenvalue weighted by molar-refractivity contribution is 0.459. The van der Waals surface area contributed by atoms with Crippen LogP contribution in [0.15, 0.2) is 11.4 Å². The zero-order valence-corrected chi connectivity index (χ0v) is 8.03. The minimum Gasteiger partial charge on any atom is -0.312 e. The molecule has 0 saturated heterocycles. The first kappa shape index (κ1) is 10.2. The van der Waals surface area contributed by atoms with E-state index in [1.54, 1.807) is 11.3 Å². The van der Waals surface area contributed by atoms with Crippen molar-refractivity contribution < 1.29 is 4.39 Å². The Hall–Kier alpha value is -0.920. The van der Waals surface area contributed by atoms with E-state index in [1.165, 1.54) is 0 Å². The normalized spacial score (nSPS) is 9.85. The number of nitrogens with zero attached hydrogens (tertiary/aromatic N) is 1. The van der Waals surface area contributed by atoms with Gasteiger partial charge in [0.15, 0.2) is 0 Å². The summed E-state index contributed by atoms with van der Waals surface area (Å²) in [5.41, 5.74) is 0.701. The Bertz CT molecular complexity index is 290. The van der Waals surface area contributed by atoms with E-state index < -0.39 is 0 Å². The van der Waals surface area contributed by atoms with Crippen LogP contribution in [0.25, 0.3) is 0 Å². The summed E-state index contributed by atoms with van der Waals surface area (Å²) in [6.07, 6.45) is 0.552. The van der Waals surface area contributed by atoms with Gasteiger partial charge in [0.2, 0.25) is 0 Å². The molecule has 0 aliphatic heterocycles. The maximum Gasteiger partial charge on any atom is 0.100 e. The summed E-state index contributed by atoms with van der Waals surface area (Å²) in [6, 6.07) is 3.93. The van der Waals surface area contributed by atoms with Gasteiger partial charge in [-0.05, 0) is 19.0 Å². The average molecular weight is 198 g/mol. The molecule has 0 amide bonds. The van der Waals surface area contributed by atoms with Crippen LogP contribution in [0, 0.1) is 11.3 Å². The number of hydrogen-bond donors (Lipinski definition) is 1. The topological polar surface area (TPSA) is 35.8 Å². The zero-order valence-electron chi connectivity index (χ0n) is 7.22. The second kappa shape index (κ2) is 5.68. The highest BCUT2D eigenvalue weighted by atomic mass is 32.1. The van der Waals surface area contributed by atoms with Gasteiger partial charge in [0.1, 0.15) is 6.07 Å². The summed E-state index contributed by atoms with van der Waals surface area (Å²) in [7, 11) is 0. The average Bonchev–Trinajstić information content (AvgIpc) is 2.60. The molecular weight excluding hydrogens is 187 g/mol. The van der Waals surface area contributed by atoms with Crippen LogP contribution in [-0.2, 0) is 6.54 Å². The van der Waals surface area contributed by atoms with E-state index in [2.05, 4.69) is 11.4 Å². The Labute approximate surface area is 81.0 Å². The van der Waals surface area contributed by atoms with Crippen molar-refractivity contribution in [1.29, 1.82) is 5.26 Å². The first-order valence-electron chi connectivity index (χ1n) is 4.11. The summed E-state index contributed by atoms with van der Waals surface area (Å²) in [6.45, 7) is 1.14. The van der Waals surface area contributed by atoms with Crippen LogP contribution in [0.2, 0.25) is 0 Å². The molecule has 1 aromatic rings. The smallest absolute Gasteiger partial charge is 0.100 e. The highest BCUT2D eigenvalue weighted by molar-refractivity contribution is 7.10. The second-order valence-electron chi connectivity index (χ2n) is 2.63. The molecule has 0 unspecified atom stereocenters. The molecule has 13 heavy (non-hydrogen) atoms. The van der Waals surface area contributed by atoms with Gasteiger partial charge in [0, 0.05) is 16.8 Å². The van der Waals surface area contributed by atoms with Crippen LogP contribution in [0.5, 0.6) is 0 Å². The van der Waals surface area contributed by atoms with E-state index >= 15 is 0 Å². The van der Waals surface area contributed by atoms with Gasteiger partial charge in [0.25, 0.3) is 0 Å². The van der Waals surface area contributed by atoms with E-state index in [0.717, 1.165) is 11.4 Å². The number of nitrogens with one attached hydrogen (secondary N) is 1. The van der Waals surface area contributed by atoms with Gasteiger partial charge >= 0.3 is 0 Å². The largest absolute Gasteiger partial charge is 0.312 e. The van der Waals surface area contributed by atoms with Crippen molar-refractivity contribution in [3.05, 3.63) is 21.9 Å². The lowest BCUT2D eigenvalue weighted by Gasteiger charge is -1.98. The molecule has 0 fully saturated rings.